The van der Waals surface area contributed by atoms with Gasteiger partial charge in [-0.15, -0.1) is 0 Å². The maximum absolute atomic E-state index is 12.7. The van der Waals surface area contributed by atoms with E-state index in [4.69, 9.17) is 16.3 Å². The van der Waals surface area contributed by atoms with E-state index in [1.54, 1.807) is 0 Å². The van der Waals surface area contributed by atoms with Gasteiger partial charge >= 0.3 is 0 Å². The summed E-state index contributed by atoms with van der Waals surface area (Å²) in [5.74, 6) is 0.544. The van der Waals surface area contributed by atoms with Crippen molar-refractivity contribution in [1.82, 2.24) is 4.90 Å². The second kappa shape index (κ2) is 8.21. The molecule has 0 radical (unpaired) electrons. The number of benzene rings is 1. The maximum atomic E-state index is 12.7. The van der Waals surface area contributed by atoms with Crippen molar-refractivity contribution in [2.75, 3.05) is 44.3 Å². The Balaban J connectivity index is 1.60. The van der Waals surface area contributed by atoms with Crippen molar-refractivity contribution in [2.24, 2.45) is 5.92 Å². The molecule has 132 valence electrons. The highest BCUT2D eigenvalue weighted by molar-refractivity contribution is 6.33. The monoisotopic (exact) mass is 350 g/mol. The molecule has 5 heteroatoms. The number of carbonyl (C=O) groups is 1. The van der Waals surface area contributed by atoms with Crippen LogP contribution in [0.3, 0.4) is 0 Å². The van der Waals surface area contributed by atoms with Gasteiger partial charge in [-0.3, -0.25) is 4.79 Å². The molecular formula is C19H27ClN2O2. The number of anilines is 1. The fourth-order valence-electron chi connectivity index (χ4n) is 3.58. The number of rotatable bonds is 6. The lowest BCUT2D eigenvalue weighted by molar-refractivity contribution is 0.0754. The van der Waals surface area contributed by atoms with Crippen molar-refractivity contribution in [3.63, 3.8) is 0 Å². The van der Waals surface area contributed by atoms with Crippen LogP contribution in [-0.4, -0.2) is 50.2 Å². The zero-order valence-electron chi connectivity index (χ0n) is 14.5. The number of carbonyl (C=O) groups excluding carboxylic acids is 1. The van der Waals surface area contributed by atoms with Gasteiger partial charge in [-0.2, -0.15) is 0 Å². The quantitative estimate of drug-likeness (QED) is 0.731. The van der Waals surface area contributed by atoms with Crippen LogP contribution in [0.2, 0.25) is 5.02 Å². The second-order valence-corrected chi connectivity index (χ2v) is 7.25. The predicted molar refractivity (Wildman–Crippen MR) is 98.0 cm³/mol. The topological polar surface area (TPSA) is 32.8 Å². The van der Waals surface area contributed by atoms with Crippen LogP contribution in [0.25, 0.3) is 0 Å². The Morgan fingerprint density at radius 3 is 2.79 bits per heavy atom. The molecule has 0 saturated carbocycles. The molecule has 3 rings (SSSR count). The van der Waals surface area contributed by atoms with Crippen LogP contribution in [0.15, 0.2) is 18.2 Å². The third-order valence-electron chi connectivity index (χ3n) is 4.92. The molecular weight excluding hydrogens is 324 g/mol. The Morgan fingerprint density at radius 2 is 2.08 bits per heavy atom. The first-order valence-corrected chi connectivity index (χ1v) is 9.48. The highest BCUT2D eigenvalue weighted by atomic mass is 35.5. The molecule has 4 nitrogen and oxygen atoms in total. The number of halogens is 1. The summed E-state index contributed by atoms with van der Waals surface area (Å²) in [6.07, 6.45) is 4.49. The first kappa shape index (κ1) is 17.6. The van der Waals surface area contributed by atoms with Crippen molar-refractivity contribution >= 4 is 23.2 Å². The van der Waals surface area contributed by atoms with Gasteiger partial charge < -0.3 is 14.5 Å². The number of hydrogen-bond donors (Lipinski definition) is 0. The fraction of sp³-hybridized carbons (Fsp3) is 0.632. The van der Waals surface area contributed by atoms with Crippen LogP contribution < -0.4 is 4.90 Å². The molecule has 0 bridgehead atoms. The number of nitrogens with zero attached hydrogens (tertiary/aromatic N) is 2. The SMILES string of the molecule is CCCOC[C@@H]1CCN(C(=O)c2ccc(N3CCCC3)c(Cl)c2)C1. The first-order valence-electron chi connectivity index (χ1n) is 9.10. The van der Waals surface area contributed by atoms with E-state index >= 15 is 0 Å². The number of hydrogen-bond acceptors (Lipinski definition) is 3. The van der Waals surface area contributed by atoms with E-state index < -0.39 is 0 Å². The normalized spacial score (nSPS) is 20.8. The number of amides is 1. The van der Waals surface area contributed by atoms with Crippen molar-refractivity contribution in [3.05, 3.63) is 28.8 Å². The number of ether oxygens (including phenoxy) is 1. The summed E-state index contributed by atoms with van der Waals surface area (Å²) < 4.78 is 5.63. The van der Waals surface area contributed by atoms with E-state index in [0.717, 1.165) is 57.9 Å². The molecule has 2 heterocycles. The van der Waals surface area contributed by atoms with Crippen LogP contribution in [0, 0.1) is 5.92 Å². The fourth-order valence-corrected chi connectivity index (χ4v) is 3.88. The van der Waals surface area contributed by atoms with Gasteiger partial charge in [0.2, 0.25) is 0 Å². The summed E-state index contributed by atoms with van der Waals surface area (Å²) >= 11 is 6.44. The average molecular weight is 351 g/mol. The molecule has 1 atom stereocenters. The summed E-state index contributed by atoms with van der Waals surface area (Å²) in [4.78, 5) is 17.0. The summed E-state index contributed by atoms with van der Waals surface area (Å²) in [5.41, 5.74) is 1.75. The molecule has 1 aromatic rings. The van der Waals surface area contributed by atoms with Gasteiger partial charge in [0, 0.05) is 44.3 Å². The van der Waals surface area contributed by atoms with E-state index in [9.17, 15) is 4.79 Å². The third kappa shape index (κ3) is 4.04. The molecule has 2 saturated heterocycles. The van der Waals surface area contributed by atoms with Crippen LogP contribution in [-0.2, 0) is 4.74 Å². The maximum Gasteiger partial charge on any atom is 0.253 e. The van der Waals surface area contributed by atoms with Gasteiger partial charge in [-0.1, -0.05) is 18.5 Å². The van der Waals surface area contributed by atoms with Crippen LogP contribution in [0.1, 0.15) is 43.0 Å². The van der Waals surface area contributed by atoms with E-state index in [1.807, 2.05) is 23.1 Å². The van der Waals surface area contributed by atoms with Gasteiger partial charge in [0.05, 0.1) is 17.3 Å². The molecule has 2 aliphatic heterocycles. The predicted octanol–water partition coefficient (Wildman–Crippen LogP) is 3.83. The summed E-state index contributed by atoms with van der Waals surface area (Å²) in [7, 11) is 0. The van der Waals surface area contributed by atoms with Crippen molar-refractivity contribution in [1.29, 1.82) is 0 Å². The van der Waals surface area contributed by atoms with Gasteiger partial charge in [0.1, 0.15) is 0 Å². The van der Waals surface area contributed by atoms with Crippen LogP contribution in [0.4, 0.5) is 5.69 Å². The van der Waals surface area contributed by atoms with E-state index in [-0.39, 0.29) is 5.91 Å². The van der Waals surface area contributed by atoms with E-state index in [1.165, 1.54) is 12.8 Å². The minimum absolute atomic E-state index is 0.0860. The lowest BCUT2D eigenvalue weighted by Gasteiger charge is -2.21. The molecule has 0 aromatic heterocycles. The smallest absolute Gasteiger partial charge is 0.253 e. The standard InChI is InChI=1S/C19H27ClN2O2/c1-2-11-24-14-15-7-10-22(13-15)19(23)16-5-6-18(17(20)12-16)21-8-3-4-9-21/h5-6,12,15H,2-4,7-11,13-14H2,1H3/t15-/m1/s1. The van der Waals surface area contributed by atoms with Gasteiger partial charge in [-0.25, -0.2) is 0 Å². The van der Waals surface area contributed by atoms with Crippen molar-refractivity contribution < 1.29 is 9.53 Å². The minimum atomic E-state index is 0.0860. The van der Waals surface area contributed by atoms with Crippen LogP contribution >= 0.6 is 11.6 Å². The minimum Gasteiger partial charge on any atom is -0.381 e. The lowest BCUT2D eigenvalue weighted by Crippen LogP contribution is -2.29. The molecule has 0 spiro atoms. The Kier molecular flexibility index (Phi) is 6.01. The molecule has 1 amide bonds. The lowest BCUT2D eigenvalue weighted by atomic mass is 10.1. The van der Waals surface area contributed by atoms with Gasteiger partial charge in [0.15, 0.2) is 0 Å². The largest absolute Gasteiger partial charge is 0.381 e. The summed E-state index contributed by atoms with van der Waals surface area (Å²) in [5, 5.41) is 0.685. The highest BCUT2D eigenvalue weighted by Crippen LogP contribution is 2.30. The van der Waals surface area contributed by atoms with Crippen molar-refractivity contribution in [2.45, 2.75) is 32.6 Å². The van der Waals surface area contributed by atoms with Crippen molar-refractivity contribution in [3.8, 4) is 0 Å². The van der Waals surface area contributed by atoms with E-state index in [0.29, 0.717) is 16.5 Å². The zero-order valence-corrected chi connectivity index (χ0v) is 15.2. The van der Waals surface area contributed by atoms with Crippen LogP contribution in [0.5, 0.6) is 0 Å². The Morgan fingerprint density at radius 1 is 1.29 bits per heavy atom. The molecule has 2 aliphatic rings. The molecule has 2 fully saturated rings. The Labute approximate surface area is 149 Å². The molecule has 1 aromatic carbocycles. The molecule has 0 N–H and O–H groups in total. The molecule has 0 unspecified atom stereocenters. The third-order valence-corrected chi connectivity index (χ3v) is 5.22. The highest BCUT2D eigenvalue weighted by Gasteiger charge is 2.27. The Hall–Kier alpha value is -1.26. The van der Waals surface area contributed by atoms with Gasteiger partial charge in [0.25, 0.3) is 5.91 Å². The molecule has 24 heavy (non-hydrogen) atoms. The summed E-state index contributed by atoms with van der Waals surface area (Å²) in [6, 6.07) is 5.75. The first-order chi connectivity index (χ1) is 11.7. The second-order valence-electron chi connectivity index (χ2n) is 6.84. The number of likely N-dealkylation sites (tertiary alicyclic amines) is 1. The Bertz CT molecular complexity index is 572. The molecule has 0 aliphatic carbocycles. The van der Waals surface area contributed by atoms with E-state index in [2.05, 4.69) is 11.8 Å². The summed E-state index contributed by atoms with van der Waals surface area (Å²) in [6.45, 7) is 7.37. The zero-order chi connectivity index (χ0) is 16.9. The van der Waals surface area contributed by atoms with Gasteiger partial charge in [-0.05, 0) is 43.9 Å². The average Bonchev–Trinajstić information content (AvgIpc) is 3.26.